The fourth-order valence-corrected chi connectivity index (χ4v) is 1.18. The van der Waals surface area contributed by atoms with Crippen molar-refractivity contribution in [3.05, 3.63) is 0 Å². The summed E-state index contributed by atoms with van der Waals surface area (Å²) in [6.07, 6.45) is -9.67. The standard InChI is InChI=1S/C5H5F6N.ClH/c6-4(7,8)1-2(3(1)12)5(9,10)11;/h1-3H,12H2;1H. The third-order valence-electron chi connectivity index (χ3n) is 1.83. The van der Waals surface area contributed by atoms with Gasteiger partial charge in [0.05, 0.1) is 11.8 Å². The van der Waals surface area contributed by atoms with Gasteiger partial charge in [-0.05, 0) is 0 Å². The number of alkyl halides is 6. The molecule has 2 unspecified atom stereocenters. The summed E-state index contributed by atoms with van der Waals surface area (Å²) in [5, 5.41) is 0. The van der Waals surface area contributed by atoms with Gasteiger partial charge >= 0.3 is 12.4 Å². The first-order chi connectivity index (χ1) is 5.15. The second-order valence-electron chi connectivity index (χ2n) is 2.71. The van der Waals surface area contributed by atoms with Crippen LogP contribution in [0, 0.1) is 11.8 Å². The van der Waals surface area contributed by atoms with Crippen molar-refractivity contribution in [3.8, 4) is 0 Å². The first-order valence-corrected chi connectivity index (χ1v) is 3.04. The lowest BCUT2D eigenvalue weighted by molar-refractivity contribution is -0.191. The highest BCUT2D eigenvalue weighted by Gasteiger charge is 2.72. The van der Waals surface area contributed by atoms with E-state index in [4.69, 9.17) is 0 Å². The maximum absolute atomic E-state index is 11.7. The topological polar surface area (TPSA) is 26.0 Å². The summed E-state index contributed by atoms with van der Waals surface area (Å²) >= 11 is 0. The Kier molecular flexibility index (Phi) is 3.16. The van der Waals surface area contributed by atoms with Crippen molar-refractivity contribution in [1.29, 1.82) is 0 Å². The molecule has 1 saturated carbocycles. The van der Waals surface area contributed by atoms with Crippen molar-refractivity contribution in [2.75, 3.05) is 0 Å². The summed E-state index contributed by atoms with van der Waals surface area (Å²) in [7, 11) is 0. The fourth-order valence-electron chi connectivity index (χ4n) is 1.18. The summed E-state index contributed by atoms with van der Waals surface area (Å²) in [6, 6.07) is -1.81. The molecule has 1 aliphatic carbocycles. The highest BCUT2D eigenvalue weighted by molar-refractivity contribution is 5.85. The molecule has 2 N–H and O–H groups in total. The van der Waals surface area contributed by atoms with E-state index in [2.05, 4.69) is 5.73 Å². The highest BCUT2D eigenvalue weighted by atomic mass is 35.5. The van der Waals surface area contributed by atoms with E-state index in [-0.39, 0.29) is 12.4 Å². The molecule has 8 heteroatoms. The van der Waals surface area contributed by atoms with E-state index in [0.717, 1.165) is 0 Å². The van der Waals surface area contributed by atoms with E-state index in [1.807, 2.05) is 0 Å². The minimum Gasteiger partial charge on any atom is -0.327 e. The van der Waals surface area contributed by atoms with Gasteiger partial charge in [0, 0.05) is 6.04 Å². The molecule has 1 rings (SSSR count). The second-order valence-corrected chi connectivity index (χ2v) is 2.71. The minimum atomic E-state index is -4.83. The number of halogens is 7. The molecule has 1 fully saturated rings. The zero-order valence-electron chi connectivity index (χ0n) is 5.99. The number of hydrogen-bond acceptors (Lipinski definition) is 1. The van der Waals surface area contributed by atoms with Gasteiger partial charge < -0.3 is 5.73 Å². The third-order valence-corrected chi connectivity index (χ3v) is 1.83. The fraction of sp³-hybridized carbons (Fsp3) is 1.00. The summed E-state index contributed by atoms with van der Waals surface area (Å²) in [4.78, 5) is 0. The lowest BCUT2D eigenvalue weighted by Crippen LogP contribution is -2.19. The predicted octanol–water partition coefficient (Wildman–Crippen LogP) is 2.11. The zero-order valence-corrected chi connectivity index (χ0v) is 6.80. The molecule has 0 heterocycles. The average Bonchev–Trinajstić information content (AvgIpc) is 2.35. The quantitative estimate of drug-likeness (QED) is 0.633. The van der Waals surface area contributed by atoms with Crippen LogP contribution in [0.3, 0.4) is 0 Å². The summed E-state index contributed by atoms with van der Waals surface area (Å²) in [5.41, 5.74) is 4.64. The molecule has 0 aromatic rings. The number of hydrogen-bond donors (Lipinski definition) is 1. The monoisotopic (exact) mass is 229 g/mol. The van der Waals surface area contributed by atoms with Gasteiger partial charge in [-0.1, -0.05) is 0 Å². The summed E-state index contributed by atoms with van der Waals surface area (Å²) in [6.45, 7) is 0. The summed E-state index contributed by atoms with van der Waals surface area (Å²) < 4.78 is 70.1. The molecule has 0 saturated heterocycles. The van der Waals surface area contributed by atoms with Crippen LogP contribution in [0.5, 0.6) is 0 Å². The van der Waals surface area contributed by atoms with Crippen LogP contribution in [0.2, 0.25) is 0 Å². The molecule has 13 heavy (non-hydrogen) atoms. The first-order valence-electron chi connectivity index (χ1n) is 3.04. The Morgan fingerprint density at radius 3 is 1.08 bits per heavy atom. The van der Waals surface area contributed by atoms with Gasteiger partial charge in [0.25, 0.3) is 0 Å². The molecule has 1 aliphatic rings. The Hall–Kier alpha value is -0.170. The molecule has 0 aliphatic heterocycles. The van der Waals surface area contributed by atoms with E-state index < -0.39 is 30.2 Å². The average molecular weight is 230 g/mol. The molecule has 0 spiro atoms. The van der Waals surface area contributed by atoms with Gasteiger partial charge in [0.15, 0.2) is 0 Å². The van der Waals surface area contributed by atoms with E-state index >= 15 is 0 Å². The van der Waals surface area contributed by atoms with Crippen LogP contribution in [0.15, 0.2) is 0 Å². The van der Waals surface area contributed by atoms with Gasteiger partial charge in [0.2, 0.25) is 0 Å². The Balaban J connectivity index is 0.00000144. The molecule has 80 valence electrons. The molecule has 0 bridgehead atoms. The maximum Gasteiger partial charge on any atom is 0.393 e. The van der Waals surface area contributed by atoms with E-state index in [0.29, 0.717) is 0 Å². The molecule has 2 atom stereocenters. The van der Waals surface area contributed by atoms with E-state index in [9.17, 15) is 26.3 Å². The zero-order chi connectivity index (χ0) is 9.73. The third kappa shape index (κ3) is 2.40. The normalized spacial score (nSPS) is 33.9. The van der Waals surface area contributed by atoms with Gasteiger partial charge in [-0.25, -0.2) is 0 Å². The molecule has 1 nitrogen and oxygen atoms in total. The molecular formula is C5H6ClF6N. The molecule has 0 aromatic carbocycles. The molecular weight excluding hydrogens is 224 g/mol. The Labute approximate surface area is 75.7 Å². The molecule has 0 aromatic heterocycles. The maximum atomic E-state index is 11.7. The van der Waals surface area contributed by atoms with Gasteiger partial charge in [-0.15, -0.1) is 12.4 Å². The van der Waals surface area contributed by atoms with E-state index in [1.54, 1.807) is 0 Å². The Bertz CT molecular complexity index is 166. The Morgan fingerprint density at radius 1 is 0.769 bits per heavy atom. The first kappa shape index (κ1) is 12.8. The van der Waals surface area contributed by atoms with Crippen molar-refractivity contribution in [1.82, 2.24) is 0 Å². The van der Waals surface area contributed by atoms with Crippen LogP contribution in [0.1, 0.15) is 0 Å². The van der Waals surface area contributed by atoms with Crippen LogP contribution in [-0.4, -0.2) is 18.4 Å². The highest BCUT2D eigenvalue weighted by Crippen LogP contribution is 2.56. The second kappa shape index (κ2) is 3.20. The van der Waals surface area contributed by atoms with Crippen LogP contribution < -0.4 is 5.73 Å². The van der Waals surface area contributed by atoms with Crippen LogP contribution in [0.4, 0.5) is 26.3 Å². The van der Waals surface area contributed by atoms with Crippen molar-refractivity contribution in [2.24, 2.45) is 17.6 Å². The van der Waals surface area contributed by atoms with E-state index in [1.165, 1.54) is 0 Å². The van der Waals surface area contributed by atoms with Crippen LogP contribution in [0.25, 0.3) is 0 Å². The molecule has 0 radical (unpaired) electrons. The predicted molar refractivity (Wildman–Crippen MR) is 34.3 cm³/mol. The lowest BCUT2D eigenvalue weighted by Gasteiger charge is -2.06. The van der Waals surface area contributed by atoms with Crippen LogP contribution >= 0.6 is 12.4 Å². The SMILES string of the molecule is Cl.NC1C(C(F)(F)F)C1C(F)(F)F. The summed E-state index contributed by atoms with van der Waals surface area (Å²) in [5.74, 6) is -4.81. The number of nitrogens with two attached hydrogens (primary N) is 1. The smallest absolute Gasteiger partial charge is 0.327 e. The number of rotatable bonds is 0. The lowest BCUT2D eigenvalue weighted by atomic mass is 10.3. The largest absolute Gasteiger partial charge is 0.393 e. The van der Waals surface area contributed by atoms with Gasteiger partial charge in [-0.3, -0.25) is 0 Å². The van der Waals surface area contributed by atoms with Gasteiger partial charge in [-0.2, -0.15) is 26.3 Å². The van der Waals surface area contributed by atoms with Gasteiger partial charge in [0.1, 0.15) is 0 Å². The van der Waals surface area contributed by atoms with Crippen molar-refractivity contribution >= 4 is 12.4 Å². The van der Waals surface area contributed by atoms with Crippen molar-refractivity contribution in [3.63, 3.8) is 0 Å². The van der Waals surface area contributed by atoms with Crippen molar-refractivity contribution < 1.29 is 26.3 Å². The van der Waals surface area contributed by atoms with Crippen molar-refractivity contribution in [2.45, 2.75) is 18.4 Å². The minimum absolute atomic E-state index is 0. The molecule has 0 amide bonds. The Morgan fingerprint density at radius 2 is 1.00 bits per heavy atom. The van der Waals surface area contributed by atoms with Crippen LogP contribution in [-0.2, 0) is 0 Å².